The van der Waals surface area contributed by atoms with Crippen molar-refractivity contribution in [3.8, 4) is 11.3 Å². The van der Waals surface area contributed by atoms with Crippen molar-refractivity contribution in [2.75, 3.05) is 13.6 Å². The minimum Gasteiger partial charge on any atom is -0.302 e. The second-order valence-electron chi connectivity index (χ2n) is 8.36. The predicted octanol–water partition coefficient (Wildman–Crippen LogP) is 6.17. The molecule has 0 bridgehead atoms. The summed E-state index contributed by atoms with van der Waals surface area (Å²) in [6.07, 6.45) is 1.08. The molecule has 2 nitrogen and oxygen atoms in total. The zero-order valence-corrected chi connectivity index (χ0v) is 16.9. The van der Waals surface area contributed by atoms with Crippen LogP contribution < -0.4 is 0 Å². The molecular weight excluding hydrogens is 340 g/mol. The molecule has 1 aliphatic rings. The molecule has 0 aliphatic carbocycles. The van der Waals surface area contributed by atoms with Crippen LogP contribution in [0.3, 0.4) is 0 Å². The van der Waals surface area contributed by atoms with Crippen LogP contribution in [-0.4, -0.2) is 23.5 Å². The summed E-state index contributed by atoms with van der Waals surface area (Å²) in [5.41, 5.74) is 7.76. The number of hydrogen-bond donors (Lipinski definition) is 0. The lowest BCUT2D eigenvalue weighted by Gasteiger charge is -2.28. The third kappa shape index (κ3) is 2.80. The molecule has 0 spiro atoms. The van der Waals surface area contributed by atoms with Crippen molar-refractivity contribution in [3.63, 3.8) is 0 Å². The van der Waals surface area contributed by atoms with E-state index in [1.165, 1.54) is 38.4 Å². The van der Waals surface area contributed by atoms with Crippen LogP contribution in [0.2, 0.25) is 0 Å². The number of hydrogen-bond acceptors (Lipinski definition) is 2. The normalized spacial score (nSPS) is 14.7. The number of rotatable bonds is 2. The third-order valence-electron chi connectivity index (χ3n) is 6.11. The molecule has 0 amide bonds. The Kier molecular flexibility index (Phi) is 4.17. The van der Waals surface area contributed by atoms with Crippen LogP contribution in [0.25, 0.3) is 32.9 Å². The summed E-state index contributed by atoms with van der Waals surface area (Å²) in [7, 11) is 2.21. The van der Waals surface area contributed by atoms with Crippen molar-refractivity contribution >= 4 is 21.7 Å². The van der Waals surface area contributed by atoms with Gasteiger partial charge in [-0.05, 0) is 52.9 Å². The standard InChI is InChI=1S/C26H26N2/c1-17(2)18-8-10-20(11-9-18)26-23-16-28(3)15-14-22(23)25-21-7-5-4-6-19(21)12-13-24(25)27-26/h4-13,17H,14-16H2,1-3H3. The molecule has 1 aromatic heterocycles. The molecular formula is C26H26N2. The molecule has 140 valence electrons. The van der Waals surface area contributed by atoms with Gasteiger partial charge in [-0.15, -0.1) is 0 Å². The Morgan fingerprint density at radius 1 is 0.893 bits per heavy atom. The van der Waals surface area contributed by atoms with Crippen molar-refractivity contribution in [3.05, 3.63) is 77.4 Å². The third-order valence-corrected chi connectivity index (χ3v) is 6.11. The fraction of sp³-hybridized carbons (Fsp3) is 0.269. The monoisotopic (exact) mass is 366 g/mol. The Labute approximate surface area is 166 Å². The van der Waals surface area contributed by atoms with Crippen LogP contribution in [0.1, 0.15) is 36.5 Å². The molecule has 0 saturated heterocycles. The van der Waals surface area contributed by atoms with Gasteiger partial charge in [-0.1, -0.05) is 68.4 Å². The molecule has 4 aromatic rings. The van der Waals surface area contributed by atoms with Crippen molar-refractivity contribution in [1.29, 1.82) is 0 Å². The van der Waals surface area contributed by atoms with E-state index in [2.05, 4.69) is 86.5 Å². The molecule has 0 radical (unpaired) electrons. The zero-order valence-electron chi connectivity index (χ0n) is 16.9. The van der Waals surface area contributed by atoms with E-state index in [0.717, 1.165) is 30.7 Å². The number of benzene rings is 3. The van der Waals surface area contributed by atoms with E-state index in [1.807, 2.05) is 0 Å². The van der Waals surface area contributed by atoms with E-state index in [1.54, 1.807) is 0 Å². The van der Waals surface area contributed by atoms with Crippen molar-refractivity contribution in [1.82, 2.24) is 9.88 Å². The molecule has 2 heterocycles. The van der Waals surface area contributed by atoms with Gasteiger partial charge in [-0.25, -0.2) is 4.98 Å². The molecule has 5 rings (SSSR count). The maximum Gasteiger partial charge on any atom is 0.0757 e. The molecule has 0 N–H and O–H groups in total. The summed E-state index contributed by atoms with van der Waals surface area (Å²) in [5.74, 6) is 0.546. The summed E-state index contributed by atoms with van der Waals surface area (Å²) in [5, 5.41) is 3.98. The zero-order chi connectivity index (χ0) is 19.3. The first-order chi connectivity index (χ1) is 13.6. The van der Waals surface area contributed by atoms with Crippen LogP contribution >= 0.6 is 0 Å². The largest absolute Gasteiger partial charge is 0.302 e. The van der Waals surface area contributed by atoms with E-state index in [0.29, 0.717) is 5.92 Å². The van der Waals surface area contributed by atoms with Gasteiger partial charge in [0.1, 0.15) is 0 Å². The van der Waals surface area contributed by atoms with Gasteiger partial charge < -0.3 is 4.90 Å². The molecule has 3 aromatic carbocycles. The molecule has 0 atom stereocenters. The fourth-order valence-electron chi connectivity index (χ4n) is 4.51. The average Bonchev–Trinajstić information content (AvgIpc) is 2.72. The molecule has 2 heteroatoms. The smallest absolute Gasteiger partial charge is 0.0757 e. The quantitative estimate of drug-likeness (QED) is 0.395. The summed E-state index contributed by atoms with van der Waals surface area (Å²) in [6, 6.07) is 22.1. The van der Waals surface area contributed by atoms with Gasteiger partial charge in [0.15, 0.2) is 0 Å². The highest BCUT2D eigenvalue weighted by molar-refractivity contribution is 6.09. The number of aromatic nitrogens is 1. The minimum absolute atomic E-state index is 0.546. The SMILES string of the molecule is CC(C)c1ccc(-c2nc3ccc4ccccc4c3c3c2CN(C)CC3)cc1. The van der Waals surface area contributed by atoms with E-state index in [-0.39, 0.29) is 0 Å². The van der Waals surface area contributed by atoms with Crippen molar-refractivity contribution in [2.45, 2.75) is 32.7 Å². The Morgan fingerprint density at radius 3 is 2.46 bits per heavy atom. The first kappa shape index (κ1) is 17.4. The van der Waals surface area contributed by atoms with E-state index >= 15 is 0 Å². The van der Waals surface area contributed by atoms with Gasteiger partial charge in [0.2, 0.25) is 0 Å². The highest BCUT2D eigenvalue weighted by Gasteiger charge is 2.22. The van der Waals surface area contributed by atoms with Crippen LogP contribution in [-0.2, 0) is 13.0 Å². The number of fused-ring (bicyclic) bond motifs is 5. The Balaban J connectivity index is 1.80. The van der Waals surface area contributed by atoms with Crippen LogP contribution in [0, 0.1) is 0 Å². The lowest BCUT2D eigenvalue weighted by Crippen LogP contribution is -2.27. The second-order valence-corrected chi connectivity index (χ2v) is 8.36. The van der Waals surface area contributed by atoms with Crippen LogP contribution in [0.15, 0.2) is 60.7 Å². The summed E-state index contributed by atoms with van der Waals surface area (Å²) in [6.45, 7) is 6.54. The van der Waals surface area contributed by atoms with Crippen LogP contribution in [0.5, 0.6) is 0 Å². The Hall–Kier alpha value is -2.71. The Morgan fingerprint density at radius 2 is 1.68 bits per heavy atom. The molecule has 28 heavy (non-hydrogen) atoms. The maximum absolute atomic E-state index is 5.19. The highest BCUT2D eigenvalue weighted by Crippen LogP contribution is 2.37. The average molecular weight is 367 g/mol. The van der Waals surface area contributed by atoms with Crippen molar-refractivity contribution in [2.24, 2.45) is 0 Å². The Bertz CT molecular complexity index is 1170. The van der Waals surface area contributed by atoms with Crippen LogP contribution in [0.4, 0.5) is 0 Å². The molecule has 0 saturated carbocycles. The van der Waals surface area contributed by atoms with Gasteiger partial charge in [-0.2, -0.15) is 0 Å². The van der Waals surface area contributed by atoms with Gasteiger partial charge in [0.25, 0.3) is 0 Å². The fourth-order valence-corrected chi connectivity index (χ4v) is 4.51. The lowest BCUT2D eigenvalue weighted by atomic mass is 9.89. The van der Waals surface area contributed by atoms with Gasteiger partial charge in [0.05, 0.1) is 11.2 Å². The second kappa shape index (κ2) is 6.72. The lowest BCUT2D eigenvalue weighted by molar-refractivity contribution is 0.314. The number of pyridine rings is 1. The number of nitrogens with zero attached hydrogens (tertiary/aromatic N) is 2. The first-order valence-corrected chi connectivity index (χ1v) is 10.2. The summed E-state index contributed by atoms with van der Waals surface area (Å²) in [4.78, 5) is 7.60. The first-order valence-electron chi connectivity index (χ1n) is 10.2. The molecule has 1 aliphatic heterocycles. The maximum atomic E-state index is 5.19. The summed E-state index contributed by atoms with van der Waals surface area (Å²) >= 11 is 0. The van der Waals surface area contributed by atoms with E-state index in [9.17, 15) is 0 Å². The molecule has 0 fully saturated rings. The van der Waals surface area contributed by atoms with Gasteiger partial charge >= 0.3 is 0 Å². The van der Waals surface area contributed by atoms with E-state index < -0.39 is 0 Å². The van der Waals surface area contributed by atoms with Gasteiger partial charge in [0, 0.05) is 24.0 Å². The van der Waals surface area contributed by atoms with Crippen molar-refractivity contribution < 1.29 is 0 Å². The summed E-state index contributed by atoms with van der Waals surface area (Å²) < 4.78 is 0. The molecule has 0 unspecified atom stereocenters. The van der Waals surface area contributed by atoms with E-state index in [4.69, 9.17) is 4.98 Å². The van der Waals surface area contributed by atoms with Gasteiger partial charge in [-0.3, -0.25) is 0 Å². The number of likely N-dealkylation sites (N-methyl/N-ethyl adjacent to an activating group) is 1. The predicted molar refractivity (Wildman–Crippen MR) is 119 cm³/mol. The topological polar surface area (TPSA) is 16.1 Å². The minimum atomic E-state index is 0.546. The highest BCUT2D eigenvalue weighted by atomic mass is 15.1.